The van der Waals surface area contributed by atoms with Crippen molar-refractivity contribution in [2.45, 2.75) is 51.2 Å². The second-order valence-corrected chi connectivity index (χ2v) is 9.33. The summed E-state index contributed by atoms with van der Waals surface area (Å²) < 4.78 is 5.61. The molecule has 1 atom stereocenters. The monoisotopic (exact) mass is 335 g/mol. The van der Waals surface area contributed by atoms with Crippen molar-refractivity contribution in [2.24, 2.45) is 23.2 Å². The molecule has 1 aromatic rings. The second-order valence-electron chi connectivity index (χ2n) is 8.30. The van der Waals surface area contributed by atoms with Crippen LogP contribution in [0.3, 0.4) is 0 Å². The van der Waals surface area contributed by atoms with Gasteiger partial charge in [-0.1, -0.05) is 6.07 Å². The molecule has 4 saturated carbocycles. The first-order valence-electron chi connectivity index (χ1n) is 9.20. The zero-order valence-corrected chi connectivity index (χ0v) is 14.7. The van der Waals surface area contributed by atoms with E-state index in [2.05, 4.69) is 16.8 Å². The summed E-state index contributed by atoms with van der Waals surface area (Å²) in [7, 11) is 0. The predicted molar refractivity (Wildman–Crippen MR) is 93.5 cm³/mol. The standard InChI is InChI=1S/C19H29NO2S/c21-17(11-22-12-18-2-1-3-23-18)10-20-13-19-7-14-4-15(8-19)6-16(5-14)9-19/h1-3,14-17,20-21H,4-13H2. The van der Waals surface area contributed by atoms with Crippen LogP contribution in [0.4, 0.5) is 0 Å². The second kappa shape index (κ2) is 6.83. The highest BCUT2D eigenvalue weighted by Crippen LogP contribution is 2.59. The van der Waals surface area contributed by atoms with Crippen LogP contribution < -0.4 is 5.32 Å². The molecule has 2 N–H and O–H groups in total. The van der Waals surface area contributed by atoms with Crippen molar-refractivity contribution in [2.75, 3.05) is 19.7 Å². The van der Waals surface area contributed by atoms with Crippen LogP contribution in [0.2, 0.25) is 0 Å². The molecule has 1 heterocycles. The van der Waals surface area contributed by atoms with Gasteiger partial charge in [-0.3, -0.25) is 0 Å². The summed E-state index contributed by atoms with van der Waals surface area (Å²) in [5.41, 5.74) is 0.548. The Bertz CT molecular complexity index is 466. The Morgan fingerprint density at radius 3 is 2.52 bits per heavy atom. The Kier molecular flexibility index (Phi) is 4.77. The Hall–Kier alpha value is -0.420. The molecule has 4 aliphatic carbocycles. The van der Waals surface area contributed by atoms with Crippen molar-refractivity contribution in [3.05, 3.63) is 22.4 Å². The van der Waals surface area contributed by atoms with Crippen molar-refractivity contribution in [1.29, 1.82) is 0 Å². The van der Waals surface area contributed by atoms with Crippen LogP contribution in [0.1, 0.15) is 43.4 Å². The van der Waals surface area contributed by atoms with Crippen LogP contribution in [-0.4, -0.2) is 30.9 Å². The highest BCUT2D eigenvalue weighted by molar-refractivity contribution is 7.09. The van der Waals surface area contributed by atoms with E-state index in [0.717, 1.165) is 24.3 Å². The van der Waals surface area contributed by atoms with Gasteiger partial charge in [0.2, 0.25) is 0 Å². The molecule has 0 saturated heterocycles. The van der Waals surface area contributed by atoms with E-state index in [1.54, 1.807) is 11.3 Å². The first-order valence-corrected chi connectivity index (χ1v) is 10.1. The van der Waals surface area contributed by atoms with E-state index in [9.17, 15) is 5.11 Å². The number of hydrogen-bond acceptors (Lipinski definition) is 4. The highest BCUT2D eigenvalue weighted by Gasteiger charge is 2.50. The third-order valence-corrected chi connectivity index (χ3v) is 7.03. The summed E-state index contributed by atoms with van der Waals surface area (Å²) in [5, 5.41) is 15.7. The zero-order valence-electron chi connectivity index (χ0n) is 13.9. The Morgan fingerprint density at radius 1 is 1.22 bits per heavy atom. The van der Waals surface area contributed by atoms with Crippen LogP contribution in [0.5, 0.6) is 0 Å². The van der Waals surface area contributed by atoms with E-state index in [1.807, 2.05) is 6.07 Å². The molecule has 4 fully saturated rings. The lowest BCUT2D eigenvalue weighted by atomic mass is 9.49. The lowest BCUT2D eigenvalue weighted by molar-refractivity contribution is -0.0531. The summed E-state index contributed by atoms with van der Waals surface area (Å²) in [5.74, 6) is 3.01. The lowest BCUT2D eigenvalue weighted by Crippen LogP contribution is -2.51. The van der Waals surface area contributed by atoms with Gasteiger partial charge in [0.15, 0.2) is 0 Å². The highest BCUT2D eigenvalue weighted by atomic mass is 32.1. The SMILES string of the molecule is OC(CNCC12CC3CC(CC(C3)C1)C2)COCc1cccs1. The van der Waals surface area contributed by atoms with Gasteiger partial charge in [-0.25, -0.2) is 0 Å². The maximum Gasteiger partial charge on any atom is 0.0897 e. The molecule has 23 heavy (non-hydrogen) atoms. The molecule has 5 rings (SSSR count). The molecule has 0 aliphatic heterocycles. The Morgan fingerprint density at radius 2 is 1.91 bits per heavy atom. The molecular formula is C19H29NO2S. The summed E-state index contributed by atoms with van der Waals surface area (Å²) in [6.07, 6.45) is 8.38. The van der Waals surface area contributed by atoms with Gasteiger partial charge in [0, 0.05) is 18.0 Å². The number of thiophene rings is 1. The summed E-state index contributed by atoms with van der Waals surface area (Å²) in [6.45, 7) is 2.79. The molecule has 3 nitrogen and oxygen atoms in total. The van der Waals surface area contributed by atoms with Gasteiger partial charge in [-0.15, -0.1) is 11.3 Å². The zero-order chi connectivity index (χ0) is 15.7. The van der Waals surface area contributed by atoms with E-state index in [-0.39, 0.29) is 0 Å². The van der Waals surface area contributed by atoms with Crippen LogP contribution in [-0.2, 0) is 11.3 Å². The van der Waals surface area contributed by atoms with Crippen molar-refractivity contribution in [3.8, 4) is 0 Å². The number of rotatable bonds is 8. The average molecular weight is 336 g/mol. The minimum Gasteiger partial charge on any atom is -0.389 e. The van der Waals surface area contributed by atoms with Crippen molar-refractivity contribution in [3.63, 3.8) is 0 Å². The molecule has 4 bridgehead atoms. The van der Waals surface area contributed by atoms with E-state index in [0.29, 0.717) is 25.2 Å². The van der Waals surface area contributed by atoms with Crippen LogP contribution >= 0.6 is 11.3 Å². The minimum atomic E-state index is -0.399. The van der Waals surface area contributed by atoms with E-state index in [4.69, 9.17) is 4.74 Å². The number of ether oxygens (including phenoxy) is 1. The summed E-state index contributed by atoms with van der Waals surface area (Å²) in [6, 6.07) is 4.11. The fraction of sp³-hybridized carbons (Fsp3) is 0.789. The maximum absolute atomic E-state index is 10.1. The van der Waals surface area contributed by atoms with Crippen LogP contribution in [0.25, 0.3) is 0 Å². The molecule has 0 aromatic carbocycles. The molecule has 128 valence electrons. The third kappa shape index (κ3) is 3.81. The molecule has 0 amide bonds. The molecule has 1 aromatic heterocycles. The van der Waals surface area contributed by atoms with Gasteiger partial charge in [0.05, 0.1) is 19.3 Å². The van der Waals surface area contributed by atoms with Gasteiger partial charge in [0.1, 0.15) is 0 Å². The molecule has 1 unspecified atom stereocenters. The maximum atomic E-state index is 10.1. The normalized spacial score (nSPS) is 36.5. The Balaban J connectivity index is 1.17. The van der Waals surface area contributed by atoms with Gasteiger partial charge in [0.25, 0.3) is 0 Å². The quantitative estimate of drug-likeness (QED) is 0.765. The molecular weight excluding hydrogens is 306 g/mol. The predicted octanol–water partition coefficient (Wildman–Crippen LogP) is 3.43. The largest absolute Gasteiger partial charge is 0.389 e. The number of aliphatic hydroxyl groups is 1. The third-order valence-electron chi connectivity index (χ3n) is 6.18. The molecule has 0 spiro atoms. The Labute approximate surface area is 143 Å². The molecule has 0 radical (unpaired) electrons. The fourth-order valence-electron chi connectivity index (χ4n) is 5.76. The number of nitrogens with one attached hydrogen (secondary N) is 1. The first kappa shape index (κ1) is 16.1. The van der Waals surface area contributed by atoms with Gasteiger partial charge < -0.3 is 15.2 Å². The van der Waals surface area contributed by atoms with Crippen molar-refractivity contribution < 1.29 is 9.84 Å². The van der Waals surface area contributed by atoms with Crippen molar-refractivity contribution in [1.82, 2.24) is 5.32 Å². The van der Waals surface area contributed by atoms with Crippen molar-refractivity contribution >= 4 is 11.3 Å². The van der Waals surface area contributed by atoms with Crippen LogP contribution in [0, 0.1) is 23.2 Å². The smallest absolute Gasteiger partial charge is 0.0897 e. The fourth-order valence-corrected chi connectivity index (χ4v) is 6.40. The van der Waals surface area contributed by atoms with Gasteiger partial charge in [-0.2, -0.15) is 0 Å². The summed E-state index contributed by atoms with van der Waals surface area (Å²) in [4.78, 5) is 1.22. The van der Waals surface area contributed by atoms with E-state index in [1.165, 1.54) is 43.4 Å². The first-order chi connectivity index (χ1) is 11.2. The summed E-state index contributed by atoms with van der Waals surface area (Å²) >= 11 is 1.70. The van der Waals surface area contributed by atoms with Crippen LogP contribution in [0.15, 0.2) is 17.5 Å². The topological polar surface area (TPSA) is 41.5 Å². The number of hydrogen-bond donors (Lipinski definition) is 2. The van der Waals surface area contributed by atoms with E-state index < -0.39 is 6.10 Å². The van der Waals surface area contributed by atoms with Gasteiger partial charge in [-0.05, 0) is 73.1 Å². The molecule has 4 heteroatoms. The molecule has 4 aliphatic rings. The minimum absolute atomic E-state index is 0.399. The average Bonchev–Trinajstić information content (AvgIpc) is 2.99. The lowest BCUT2D eigenvalue weighted by Gasteiger charge is -2.57. The van der Waals surface area contributed by atoms with E-state index >= 15 is 0 Å². The van der Waals surface area contributed by atoms with Gasteiger partial charge >= 0.3 is 0 Å². The number of aliphatic hydroxyl groups excluding tert-OH is 1.